The highest BCUT2D eigenvalue weighted by Gasteiger charge is 2.21. The van der Waals surface area contributed by atoms with E-state index in [-0.39, 0.29) is 12.6 Å². The zero-order chi connectivity index (χ0) is 10.7. The van der Waals surface area contributed by atoms with Crippen molar-refractivity contribution in [3.63, 3.8) is 0 Å². The molecule has 4 heteroatoms. The van der Waals surface area contributed by atoms with Crippen molar-refractivity contribution in [1.82, 2.24) is 5.32 Å². The van der Waals surface area contributed by atoms with Crippen molar-refractivity contribution in [2.24, 2.45) is 0 Å². The van der Waals surface area contributed by atoms with E-state index in [4.69, 9.17) is 9.47 Å². The maximum absolute atomic E-state index is 9.27. The molecular formula is C11H15NO3. The van der Waals surface area contributed by atoms with Crippen molar-refractivity contribution < 1.29 is 14.6 Å². The Morgan fingerprint density at radius 1 is 1.60 bits per heavy atom. The smallest absolute Gasteiger partial charge is 0.166 e. The molecule has 0 fully saturated rings. The highest BCUT2D eigenvalue weighted by atomic mass is 16.5. The number of benzene rings is 1. The van der Waals surface area contributed by atoms with Crippen LogP contribution in [0.15, 0.2) is 18.2 Å². The molecule has 2 rings (SSSR count). The van der Waals surface area contributed by atoms with Crippen LogP contribution in [-0.2, 0) is 0 Å². The van der Waals surface area contributed by atoms with E-state index in [9.17, 15) is 5.11 Å². The number of para-hydroxylation sites is 1. The Hall–Kier alpha value is -1.26. The van der Waals surface area contributed by atoms with Gasteiger partial charge in [-0.2, -0.15) is 0 Å². The van der Waals surface area contributed by atoms with E-state index in [0.29, 0.717) is 6.61 Å². The molecular weight excluding hydrogens is 194 g/mol. The van der Waals surface area contributed by atoms with Crippen molar-refractivity contribution in [3.8, 4) is 11.5 Å². The number of aliphatic hydroxyl groups is 1. The molecule has 0 radical (unpaired) electrons. The number of hydrogen-bond donors (Lipinski definition) is 2. The van der Waals surface area contributed by atoms with Gasteiger partial charge in [-0.1, -0.05) is 12.1 Å². The minimum absolute atomic E-state index is 0.0591. The largest absolute Gasteiger partial charge is 0.493 e. The lowest BCUT2D eigenvalue weighted by Gasteiger charge is -2.16. The summed E-state index contributed by atoms with van der Waals surface area (Å²) in [5, 5.41) is 12.5. The van der Waals surface area contributed by atoms with Crippen LogP contribution in [-0.4, -0.2) is 32.0 Å². The molecule has 0 bridgehead atoms. The van der Waals surface area contributed by atoms with Crippen LogP contribution < -0.4 is 14.8 Å². The highest BCUT2D eigenvalue weighted by Crippen LogP contribution is 2.35. The highest BCUT2D eigenvalue weighted by molar-refractivity contribution is 5.48. The summed E-state index contributed by atoms with van der Waals surface area (Å²) in [6.45, 7) is 1.37. The van der Waals surface area contributed by atoms with Crippen molar-refractivity contribution in [2.45, 2.75) is 6.04 Å². The standard InChI is InChI=1S/C11H15NO3/c1-14-10-4-2-3-8-9(7-13)12-5-6-15-11(8)10/h2-4,9,12-13H,5-7H2,1H3. The average molecular weight is 209 g/mol. The van der Waals surface area contributed by atoms with Crippen LogP contribution in [0.1, 0.15) is 11.6 Å². The number of fused-ring (bicyclic) bond motifs is 1. The normalized spacial score (nSPS) is 20.0. The maximum Gasteiger partial charge on any atom is 0.166 e. The summed E-state index contributed by atoms with van der Waals surface area (Å²) in [5.74, 6) is 1.46. The molecule has 0 saturated heterocycles. The van der Waals surface area contributed by atoms with E-state index in [2.05, 4.69) is 5.32 Å². The molecule has 0 saturated carbocycles. The molecule has 1 aliphatic rings. The molecule has 1 atom stereocenters. The van der Waals surface area contributed by atoms with E-state index < -0.39 is 0 Å². The molecule has 82 valence electrons. The quantitative estimate of drug-likeness (QED) is 0.753. The number of methoxy groups -OCH3 is 1. The van der Waals surface area contributed by atoms with Gasteiger partial charge in [0.2, 0.25) is 0 Å². The molecule has 15 heavy (non-hydrogen) atoms. The van der Waals surface area contributed by atoms with Gasteiger partial charge in [-0.3, -0.25) is 0 Å². The van der Waals surface area contributed by atoms with Gasteiger partial charge in [0.1, 0.15) is 6.61 Å². The van der Waals surface area contributed by atoms with Crippen molar-refractivity contribution in [3.05, 3.63) is 23.8 Å². The molecule has 1 aromatic carbocycles. The second-order valence-electron chi connectivity index (χ2n) is 3.42. The first-order chi connectivity index (χ1) is 7.36. The lowest BCUT2D eigenvalue weighted by Crippen LogP contribution is -2.25. The van der Waals surface area contributed by atoms with Crippen LogP contribution in [0.3, 0.4) is 0 Å². The Labute approximate surface area is 88.8 Å². The molecule has 0 spiro atoms. The molecule has 4 nitrogen and oxygen atoms in total. The van der Waals surface area contributed by atoms with Crippen LogP contribution in [0.5, 0.6) is 11.5 Å². The number of nitrogens with one attached hydrogen (secondary N) is 1. The summed E-state index contributed by atoms with van der Waals surface area (Å²) < 4.78 is 10.8. The second kappa shape index (κ2) is 4.51. The van der Waals surface area contributed by atoms with Crippen LogP contribution in [0.4, 0.5) is 0 Å². The van der Waals surface area contributed by atoms with Gasteiger partial charge in [0.05, 0.1) is 19.8 Å². The van der Waals surface area contributed by atoms with Crippen LogP contribution in [0, 0.1) is 0 Å². The van der Waals surface area contributed by atoms with Gasteiger partial charge < -0.3 is 19.9 Å². The Bertz CT molecular complexity index is 341. The number of ether oxygens (including phenoxy) is 2. The molecule has 1 aromatic rings. The van der Waals surface area contributed by atoms with E-state index in [1.807, 2.05) is 18.2 Å². The van der Waals surface area contributed by atoms with E-state index in [0.717, 1.165) is 23.6 Å². The third kappa shape index (κ3) is 1.91. The lowest BCUT2D eigenvalue weighted by atomic mass is 10.1. The van der Waals surface area contributed by atoms with Crippen molar-refractivity contribution in [2.75, 3.05) is 26.9 Å². The Kier molecular flexibility index (Phi) is 3.08. The van der Waals surface area contributed by atoms with Gasteiger partial charge in [-0.05, 0) is 6.07 Å². The predicted octanol–water partition coefficient (Wildman–Crippen LogP) is 0.711. The maximum atomic E-state index is 9.27. The monoisotopic (exact) mass is 209 g/mol. The van der Waals surface area contributed by atoms with Crippen LogP contribution >= 0.6 is 0 Å². The van der Waals surface area contributed by atoms with Crippen molar-refractivity contribution >= 4 is 0 Å². The van der Waals surface area contributed by atoms with Gasteiger partial charge in [0.25, 0.3) is 0 Å². The second-order valence-corrected chi connectivity index (χ2v) is 3.42. The summed E-state index contributed by atoms with van der Waals surface area (Å²) in [5.41, 5.74) is 0.953. The fourth-order valence-electron chi connectivity index (χ4n) is 1.78. The first kappa shape index (κ1) is 10.3. The first-order valence-electron chi connectivity index (χ1n) is 5.00. The molecule has 1 heterocycles. The zero-order valence-electron chi connectivity index (χ0n) is 8.69. The molecule has 0 amide bonds. The molecule has 1 unspecified atom stereocenters. The summed E-state index contributed by atoms with van der Waals surface area (Å²) in [7, 11) is 1.62. The van der Waals surface area contributed by atoms with E-state index >= 15 is 0 Å². The minimum Gasteiger partial charge on any atom is -0.493 e. The Morgan fingerprint density at radius 2 is 2.47 bits per heavy atom. The van der Waals surface area contributed by atoms with Crippen molar-refractivity contribution in [1.29, 1.82) is 0 Å². The zero-order valence-corrected chi connectivity index (χ0v) is 8.69. The topological polar surface area (TPSA) is 50.7 Å². The summed E-state index contributed by atoms with van der Waals surface area (Å²) >= 11 is 0. The summed E-state index contributed by atoms with van der Waals surface area (Å²) in [6.07, 6.45) is 0. The number of rotatable bonds is 2. The molecule has 0 aliphatic carbocycles. The molecule has 0 aromatic heterocycles. The SMILES string of the molecule is COc1cccc2c1OCCNC2CO. The van der Waals surface area contributed by atoms with E-state index in [1.165, 1.54) is 0 Å². The third-order valence-electron chi connectivity index (χ3n) is 2.53. The Balaban J connectivity index is 2.44. The van der Waals surface area contributed by atoms with Gasteiger partial charge in [0.15, 0.2) is 11.5 Å². The fraction of sp³-hybridized carbons (Fsp3) is 0.455. The number of hydrogen-bond acceptors (Lipinski definition) is 4. The minimum atomic E-state index is -0.0717. The summed E-state index contributed by atoms with van der Waals surface area (Å²) in [4.78, 5) is 0. The van der Waals surface area contributed by atoms with Gasteiger partial charge in [-0.15, -0.1) is 0 Å². The van der Waals surface area contributed by atoms with Gasteiger partial charge in [-0.25, -0.2) is 0 Å². The lowest BCUT2D eigenvalue weighted by molar-refractivity contribution is 0.245. The summed E-state index contributed by atoms with van der Waals surface area (Å²) in [6, 6.07) is 5.63. The predicted molar refractivity (Wildman–Crippen MR) is 56.3 cm³/mol. The number of aliphatic hydroxyl groups excluding tert-OH is 1. The molecule has 2 N–H and O–H groups in total. The van der Waals surface area contributed by atoms with Gasteiger partial charge >= 0.3 is 0 Å². The Morgan fingerprint density at radius 3 is 3.20 bits per heavy atom. The molecule has 1 aliphatic heterocycles. The van der Waals surface area contributed by atoms with Gasteiger partial charge in [0, 0.05) is 12.1 Å². The fourth-order valence-corrected chi connectivity index (χ4v) is 1.78. The van der Waals surface area contributed by atoms with Crippen LogP contribution in [0.2, 0.25) is 0 Å². The van der Waals surface area contributed by atoms with Crippen LogP contribution in [0.25, 0.3) is 0 Å². The van der Waals surface area contributed by atoms with E-state index in [1.54, 1.807) is 7.11 Å². The first-order valence-corrected chi connectivity index (χ1v) is 5.00. The average Bonchev–Trinajstić information content (AvgIpc) is 2.50. The third-order valence-corrected chi connectivity index (χ3v) is 2.53.